The molecular formula is C23H16ClF4N3O3. The van der Waals surface area contributed by atoms with Crippen molar-refractivity contribution in [2.45, 2.75) is 12.7 Å². The number of aliphatic carboxylic acids is 1. The van der Waals surface area contributed by atoms with Gasteiger partial charge in [0.1, 0.15) is 11.8 Å². The van der Waals surface area contributed by atoms with Crippen LogP contribution in [0.5, 0.6) is 0 Å². The lowest BCUT2D eigenvalue weighted by molar-refractivity contribution is -0.513. The Labute approximate surface area is 195 Å². The lowest BCUT2D eigenvalue weighted by Gasteiger charge is -2.03. The van der Waals surface area contributed by atoms with Crippen LogP contribution >= 0.6 is 11.6 Å². The molecule has 4 rings (SSSR count). The molecule has 2 aromatic carbocycles. The zero-order valence-electron chi connectivity index (χ0n) is 17.2. The summed E-state index contributed by atoms with van der Waals surface area (Å²) in [6.07, 6.45) is -3.39. The van der Waals surface area contributed by atoms with Gasteiger partial charge in [-0.25, -0.2) is 9.37 Å². The summed E-state index contributed by atoms with van der Waals surface area (Å²) >= 11 is 6.11. The standard InChI is InChI=1S/C21H15ClFN3O.C2HF3O2/c22-16-8-5-7-14(12-16)19-18-10-3-4-11-26(18)20(25-19)21(27)24-13-15-6-1-2-9-17(15)23;3-2(4,5)1(6)7/h1-12H,13H2,(H,24,27);(H,6,7). The average Bonchev–Trinajstić information content (AvgIpc) is 3.18. The minimum atomic E-state index is -5.19. The van der Waals surface area contributed by atoms with Crippen LogP contribution < -0.4 is 14.8 Å². The van der Waals surface area contributed by atoms with E-state index in [9.17, 15) is 22.4 Å². The second-order valence-electron chi connectivity index (χ2n) is 6.87. The summed E-state index contributed by atoms with van der Waals surface area (Å²) in [6.45, 7) is 0.103. The topological polar surface area (TPSA) is 89.1 Å². The van der Waals surface area contributed by atoms with E-state index >= 15 is 0 Å². The van der Waals surface area contributed by atoms with Crippen molar-refractivity contribution in [2.75, 3.05) is 0 Å². The first-order valence-corrected chi connectivity index (χ1v) is 10.0. The zero-order chi connectivity index (χ0) is 24.9. The summed E-state index contributed by atoms with van der Waals surface area (Å²) in [5.74, 6) is -3.32. The molecule has 176 valence electrons. The zero-order valence-corrected chi connectivity index (χ0v) is 18.0. The molecule has 0 saturated carbocycles. The number of rotatable bonds is 4. The number of H-pyrrole nitrogens is 1. The van der Waals surface area contributed by atoms with Gasteiger partial charge in [0.15, 0.2) is 11.2 Å². The van der Waals surface area contributed by atoms with Crippen LogP contribution in [0.2, 0.25) is 5.02 Å². The van der Waals surface area contributed by atoms with Crippen molar-refractivity contribution < 1.29 is 36.7 Å². The molecule has 2 N–H and O–H groups in total. The fraction of sp³-hybridized carbons (Fsp3) is 0.0870. The van der Waals surface area contributed by atoms with Crippen LogP contribution in [0.4, 0.5) is 17.6 Å². The van der Waals surface area contributed by atoms with Gasteiger partial charge in [-0.05, 0) is 30.3 Å². The molecule has 34 heavy (non-hydrogen) atoms. The minimum absolute atomic E-state index is 0.103. The van der Waals surface area contributed by atoms with E-state index in [2.05, 4.69) is 10.3 Å². The Morgan fingerprint density at radius 1 is 1.03 bits per heavy atom. The second-order valence-corrected chi connectivity index (χ2v) is 7.31. The number of nitrogens with zero attached hydrogens (tertiary/aromatic N) is 1. The third-order valence-corrected chi connectivity index (χ3v) is 4.79. The fourth-order valence-corrected chi connectivity index (χ4v) is 3.21. The summed E-state index contributed by atoms with van der Waals surface area (Å²) in [5.41, 5.74) is 2.94. The van der Waals surface area contributed by atoms with Gasteiger partial charge in [0.25, 0.3) is 0 Å². The lowest BCUT2D eigenvalue weighted by Crippen LogP contribution is -2.37. The van der Waals surface area contributed by atoms with E-state index < -0.39 is 12.1 Å². The van der Waals surface area contributed by atoms with Crippen molar-refractivity contribution in [1.29, 1.82) is 0 Å². The van der Waals surface area contributed by atoms with Crippen LogP contribution in [-0.4, -0.2) is 23.0 Å². The number of benzene rings is 2. The predicted molar refractivity (Wildman–Crippen MR) is 113 cm³/mol. The number of aromatic nitrogens is 2. The molecule has 0 aliphatic carbocycles. The predicted octanol–water partition coefficient (Wildman–Crippen LogP) is 3.44. The molecule has 0 spiro atoms. The number of aromatic amines is 1. The molecule has 2 aromatic heterocycles. The number of carboxylic acid groups (broad SMARTS) is 1. The van der Waals surface area contributed by atoms with E-state index in [1.165, 1.54) is 6.07 Å². The number of alkyl halides is 3. The highest BCUT2D eigenvalue weighted by Gasteiger charge is 2.29. The maximum Gasteiger partial charge on any atom is 0.430 e. The number of nitrogens with one attached hydrogen (secondary N) is 2. The van der Waals surface area contributed by atoms with Gasteiger partial charge >= 0.3 is 17.9 Å². The number of carboxylic acids is 1. The molecule has 11 heteroatoms. The number of imidazole rings is 1. The van der Waals surface area contributed by atoms with Crippen molar-refractivity contribution in [1.82, 2.24) is 10.3 Å². The summed E-state index contributed by atoms with van der Waals surface area (Å²) in [6, 6.07) is 19.4. The van der Waals surface area contributed by atoms with E-state index in [4.69, 9.17) is 21.5 Å². The Morgan fingerprint density at radius 3 is 2.35 bits per heavy atom. The highest BCUT2D eigenvalue weighted by atomic mass is 35.5. The molecule has 2 heterocycles. The average molecular weight is 494 g/mol. The summed E-state index contributed by atoms with van der Waals surface area (Å²) in [5, 5.41) is 12.2. The third-order valence-electron chi connectivity index (χ3n) is 4.56. The van der Waals surface area contributed by atoms with Crippen molar-refractivity contribution in [3.05, 3.63) is 95.2 Å². The van der Waals surface area contributed by atoms with Gasteiger partial charge in [-0.15, -0.1) is 0 Å². The number of carbonyl (C=O) groups excluding carboxylic acids is 2. The summed E-state index contributed by atoms with van der Waals surface area (Å²) in [4.78, 5) is 24.7. The number of amides is 1. The van der Waals surface area contributed by atoms with E-state index in [0.717, 1.165) is 16.8 Å². The van der Waals surface area contributed by atoms with Gasteiger partial charge in [0.2, 0.25) is 0 Å². The molecule has 0 fully saturated rings. The Bertz CT molecular complexity index is 1340. The molecule has 0 aliphatic rings. The van der Waals surface area contributed by atoms with E-state index in [1.807, 2.05) is 36.4 Å². The van der Waals surface area contributed by atoms with Gasteiger partial charge in [0, 0.05) is 22.7 Å². The number of carbonyl (C=O) groups is 2. The molecule has 0 aliphatic heterocycles. The van der Waals surface area contributed by atoms with Crippen LogP contribution in [-0.2, 0) is 11.3 Å². The van der Waals surface area contributed by atoms with Crippen molar-refractivity contribution >= 4 is 29.0 Å². The number of halogens is 5. The lowest BCUT2D eigenvalue weighted by atomic mass is 10.1. The number of hydrogen-bond donors (Lipinski definition) is 2. The van der Waals surface area contributed by atoms with Gasteiger partial charge in [-0.2, -0.15) is 17.6 Å². The van der Waals surface area contributed by atoms with Crippen molar-refractivity contribution in [2.24, 2.45) is 0 Å². The highest BCUT2D eigenvalue weighted by Crippen LogP contribution is 2.24. The number of fused-ring (bicyclic) bond motifs is 1. The first-order valence-electron chi connectivity index (χ1n) is 9.66. The first kappa shape index (κ1) is 24.7. The molecule has 0 bridgehead atoms. The van der Waals surface area contributed by atoms with Gasteiger partial charge in [-0.1, -0.05) is 48.0 Å². The second kappa shape index (κ2) is 10.3. The minimum Gasteiger partial charge on any atom is -0.542 e. The quantitative estimate of drug-likeness (QED) is 0.337. The maximum absolute atomic E-state index is 13.8. The maximum atomic E-state index is 13.8. The van der Waals surface area contributed by atoms with Gasteiger partial charge < -0.3 is 15.2 Å². The normalized spacial score (nSPS) is 11.0. The Hall–Kier alpha value is -3.92. The Balaban J connectivity index is 0.000000406. The molecule has 1 amide bonds. The number of hydrogen-bond acceptors (Lipinski definition) is 3. The van der Waals surface area contributed by atoms with Gasteiger partial charge in [-0.3, -0.25) is 4.79 Å². The van der Waals surface area contributed by atoms with Crippen molar-refractivity contribution in [3.63, 3.8) is 0 Å². The Morgan fingerprint density at radius 2 is 1.71 bits per heavy atom. The SMILES string of the molecule is O=C(NCc1ccccc1F)c1[nH]c(-c2cccc(Cl)c2)c2cccc[n+]12.O=C([O-])C(F)(F)F. The van der Waals surface area contributed by atoms with E-state index in [1.54, 1.807) is 34.9 Å². The third kappa shape index (κ3) is 5.90. The molecule has 0 atom stereocenters. The smallest absolute Gasteiger partial charge is 0.430 e. The molecule has 0 radical (unpaired) electrons. The van der Waals surface area contributed by atoms with Crippen LogP contribution in [0.25, 0.3) is 16.8 Å². The monoisotopic (exact) mass is 493 g/mol. The molecular weight excluding hydrogens is 478 g/mol. The fourth-order valence-electron chi connectivity index (χ4n) is 3.02. The molecule has 4 aromatic rings. The van der Waals surface area contributed by atoms with Gasteiger partial charge in [0.05, 0.1) is 6.20 Å². The molecule has 6 nitrogen and oxygen atoms in total. The largest absolute Gasteiger partial charge is 0.542 e. The first-order chi connectivity index (χ1) is 16.1. The van der Waals surface area contributed by atoms with Crippen LogP contribution in [0.1, 0.15) is 16.2 Å². The summed E-state index contributed by atoms with van der Waals surface area (Å²) in [7, 11) is 0. The van der Waals surface area contributed by atoms with Crippen LogP contribution in [0, 0.1) is 5.82 Å². The van der Waals surface area contributed by atoms with E-state index in [-0.39, 0.29) is 18.3 Å². The molecule has 0 unspecified atom stereocenters. The highest BCUT2D eigenvalue weighted by molar-refractivity contribution is 6.30. The van der Waals surface area contributed by atoms with Crippen LogP contribution in [0.3, 0.4) is 0 Å². The molecule has 0 saturated heterocycles. The van der Waals surface area contributed by atoms with Crippen molar-refractivity contribution in [3.8, 4) is 11.3 Å². The number of pyridine rings is 1. The summed E-state index contributed by atoms with van der Waals surface area (Å²) < 4.78 is 47.1. The van der Waals surface area contributed by atoms with Crippen LogP contribution in [0.15, 0.2) is 72.9 Å². The van der Waals surface area contributed by atoms with E-state index in [0.29, 0.717) is 16.4 Å². The Kier molecular flexibility index (Phi) is 7.52.